The second-order valence-electron chi connectivity index (χ2n) is 6.86. The van der Waals surface area contributed by atoms with Crippen LogP contribution in [0.25, 0.3) is 10.8 Å². The molecule has 1 N–H and O–H groups in total. The van der Waals surface area contributed by atoms with Crippen LogP contribution in [0.1, 0.15) is 29.3 Å². The third kappa shape index (κ3) is 5.39. The average molecular weight is 432 g/mol. The second-order valence-corrected chi connectivity index (χ2v) is 6.86. The molecule has 0 spiro atoms. The SMILES string of the molecule is CCOc1ccc2ccccc2c1/C=N/NC(=O)COc1nc(C)cc(COC)c1C#N. The molecule has 0 radical (unpaired) electrons. The number of carbonyl (C=O) groups excluding carboxylic acids is 1. The number of aryl methyl sites for hydroxylation is 1. The molecule has 164 valence electrons. The molecule has 1 aromatic heterocycles. The third-order valence-corrected chi connectivity index (χ3v) is 4.56. The van der Waals surface area contributed by atoms with E-state index in [1.807, 2.05) is 43.3 Å². The number of nitrogens with one attached hydrogen (secondary N) is 1. The van der Waals surface area contributed by atoms with Gasteiger partial charge in [0, 0.05) is 23.9 Å². The van der Waals surface area contributed by atoms with E-state index in [0.29, 0.717) is 23.6 Å². The van der Waals surface area contributed by atoms with Gasteiger partial charge in [0.2, 0.25) is 5.88 Å². The molecule has 3 aromatic rings. The van der Waals surface area contributed by atoms with Crippen molar-refractivity contribution in [3.05, 3.63) is 64.8 Å². The Labute approximate surface area is 186 Å². The maximum Gasteiger partial charge on any atom is 0.278 e. The number of ether oxygens (including phenoxy) is 3. The van der Waals surface area contributed by atoms with Gasteiger partial charge in [-0.2, -0.15) is 10.4 Å². The number of fused-ring (bicyclic) bond motifs is 1. The summed E-state index contributed by atoms with van der Waals surface area (Å²) in [5, 5.41) is 15.5. The van der Waals surface area contributed by atoms with Gasteiger partial charge in [0.1, 0.15) is 17.4 Å². The Morgan fingerprint density at radius 3 is 2.81 bits per heavy atom. The highest BCUT2D eigenvalue weighted by molar-refractivity contribution is 6.02. The van der Waals surface area contributed by atoms with Gasteiger partial charge >= 0.3 is 0 Å². The number of hydrazone groups is 1. The third-order valence-electron chi connectivity index (χ3n) is 4.56. The van der Waals surface area contributed by atoms with Crippen molar-refractivity contribution in [1.82, 2.24) is 10.4 Å². The fourth-order valence-electron chi connectivity index (χ4n) is 3.23. The largest absolute Gasteiger partial charge is 0.493 e. The molecule has 32 heavy (non-hydrogen) atoms. The monoisotopic (exact) mass is 432 g/mol. The highest BCUT2D eigenvalue weighted by atomic mass is 16.5. The maximum absolute atomic E-state index is 12.3. The quantitative estimate of drug-likeness (QED) is 0.410. The zero-order valence-corrected chi connectivity index (χ0v) is 18.2. The van der Waals surface area contributed by atoms with E-state index in [9.17, 15) is 10.1 Å². The molecule has 0 aliphatic heterocycles. The van der Waals surface area contributed by atoms with Crippen molar-refractivity contribution in [1.29, 1.82) is 5.26 Å². The normalized spacial score (nSPS) is 10.8. The summed E-state index contributed by atoms with van der Waals surface area (Å²) >= 11 is 0. The lowest BCUT2D eigenvalue weighted by molar-refractivity contribution is -0.123. The van der Waals surface area contributed by atoms with Crippen LogP contribution in [0.3, 0.4) is 0 Å². The molecule has 1 heterocycles. The molecule has 0 fully saturated rings. The standard InChI is InChI=1S/C24H24N4O4/c1-4-31-22-10-9-17-7-5-6-8-19(17)21(22)13-26-28-23(29)15-32-24-20(12-25)18(14-30-3)11-16(2)27-24/h5-11,13H,4,14-15H2,1-3H3,(H,28,29)/b26-13+. The first-order chi connectivity index (χ1) is 15.6. The van der Waals surface area contributed by atoms with E-state index in [1.54, 1.807) is 19.2 Å². The molecule has 0 aliphatic carbocycles. The van der Waals surface area contributed by atoms with Crippen LogP contribution in [0.4, 0.5) is 0 Å². The smallest absolute Gasteiger partial charge is 0.278 e. The lowest BCUT2D eigenvalue weighted by Crippen LogP contribution is -2.25. The van der Waals surface area contributed by atoms with Gasteiger partial charge < -0.3 is 14.2 Å². The topological polar surface area (TPSA) is 106 Å². The van der Waals surface area contributed by atoms with Gasteiger partial charge in [-0.15, -0.1) is 0 Å². The first-order valence-electron chi connectivity index (χ1n) is 10.1. The molecular weight excluding hydrogens is 408 g/mol. The summed E-state index contributed by atoms with van der Waals surface area (Å²) in [6, 6.07) is 15.5. The predicted molar refractivity (Wildman–Crippen MR) is 121 cm³/mol. The van der Waals surface area contributed by atoms with E-state index in [0.717, 1.165) is 16.3 Å². The van der Waals surface area contributed by atoms with Crippen molar-refractivity contribution < 1.29 is 19.0 Å². The van der Waals surface area contributed by atoms with Crippen molar-refractivity contribution in [3.63, 3.8) is 0 Å². The lowest BCUT2D eigenvalue weighted by Gasteiger charge is -2.11. The first-order valence-corrected chi connectivity index (χ1v) is 10.1. The maximum atomic E-state index is 12.3. The summed E-state index contributed by atoms with van der Waals surface area (Å²) in [7, 11) is 1.54. The number of amides is 1. The van der Waals surface area contributed by atoms with Crippen LogP contribution < -0.4 is 14.9 Å². The second kappa shape index (κ2) is 10.9. The summed E-state index contributed by atoms with van der Waals surface area (Å²) in [5.74, 6) is 0.278. The Bertz CT molecular complexity index is 1180. The Kier molecular flexibility index (Phi) is 7.73. The number of rotatable bonds is 9. The minimum Gasteiger partial charge on any atom is -0.493 e. The molecule has 1 amide bonds. The Morgan fingerprint density at radius 1 is 1.25 bits per heavy atom. The van der Waals surface area contributed by atoms with Crippen molar-refractivity contribution in [2.45, 2.75) is 20.5 Å². The molecule has 8 nitrogen and oxygen atoms in total. The van der Waals surface area contributed by atoms with E-state index in [2.05, 4.69) is 21.6 Å². The molecule has 8 heteroatoms. The van der Waals surface area contributed by atoms with Crippen molar-refractivity contribution in [2.24, 2.45) is 5.10 Å². The van der Waals surface area contributed by atoms with Gasteiger partial charge in [-0.05, 0) is 36.8 Å². The molecule has 0 saturated carbocycles. The Hall–Kier alpha value is -3.96. The minimum absolute atomic E-state index is 0.0892. The lowest BCUT2D eigenvalue weighted by atomic mass is 10.0. The number of benzene rings is 2. The molecule has 3 rings (SSSR count). The number of carbonyl (C=O) groups is 1. The highest BCUT2D eigenvalue weighted by Gasteiger charge is 2.14. The number of hydrogen-bond acceptors (Lipinski definition) is 7. The molecule has 0 saturated heterocycles. The summed E-state index contributed by atoms with van der Waals surface area (Å²) in [5.41, 5.74) is 4.75. The molecular formula is C24H24N4O4. The molecule has 0 unspecified atom stereocenters. The van der Waals surface area contributed by atoms with E-state index in [1.165, 1.54) is 7.11 Å². The zero-order chi connectivity index (χ0) is 22.9. The van der Waals surface area contributed by atoms with E-state index >= 15 is 0 Å². The van der Waals surface area contributed by atoms with Crippen LogP contribution in [0.5, 0.6) is 11.6 Å². The summed E-state index contributed by atoms with van der Waals surface area (Å²) in [6.07, 6.45) is 1.55. The summed E-state index contributed by atoms with van der Waals surface area (Å²) in [6.45, 7) is 4.09. The van der Waals surface area contributed by atoms with Crippen LogP contribution in [-0.4, -0.2) is 37.4 Å². The van der Waals surface area contributed by atoms with Gasteiger partial charge in [0.05, 0.1) is 19.4 Å². The van der Waals surface area contributed by atoms with Crippen molar-refractivity contribution in [3.8, 4) is 17.7 Å². The Balaban J connectivity index is 1.71. The van der Waals surface area contributed by atoms with Crippen LogP contribution >= 0.6 is 0 Å². The highest BCUT2D eigenvalue weighted by Crippen LogP contribution is 2.26. The summed E-state index contributed by atoms with van der Waals surface area (Å²) < 4.78 is 16.3. The predicted octanol–water partition coefficient (Wildman–Crippen LogP) is 3.49. The molecule has 0 aliphatic rings. The zero-order valence-electron chi connectivity index (χ0n) is 18.2. The fraction of sp³-hybridized carbons (Fsp3) is 0.250. The van der Waals surface area contributed by atoms with Crippen LogP contribution in [0.2, 0.25) is 0 Å². The number of methoxy groups -OCH3 is 1. The van der Waals surface area contributed by atoms with Gasteiger partial charge in [-0.25, -0.2) is 10.4 Å². The average Bonchev–Trinajstić information content (AvgIpc) is 2.79. The van der Waals surface area contributed by atoms with Gasteiger partial charge in [0.25, 0.3) is 5.91 Å². The number of hydrogen-bond donors (Lipinski definition) is 1. The number of pyridine rings is 1. The van der Waals surface area contributed by atoms with E-state index in [-0.39, 0.29) is 24.7 Å². The first kappa shape index (κ1) is 22.7. The van der Waals surface area contributed by atoms with Gasteiger partial charge in [-0.3, -0.25) is 4.79 Å². The molecule has 0 bridgehead atoms. The Morgan fingerprint density at radius 2 is 2.06 bits per heavy atom. The number of nitriles is 1. The molecule has 0 atom stereocenters. The number of aromatic nitrogens is 1. The van der Waals surface area contributed by atoms with E-state index < -0.39 is 5.91 Å². The van der Waals surface area contributed by atoms with Crippen molar-refractivity contribution in [2.75, 3.05) is 20.3 Å². The van der Waals surface area contributed by atoms with Gasteiger partial charge in [0.15, 0.2) is 6.61 Å². The minimum atomic E-state index is -0.486. The van der Waals surface area contributed by atoms with Crippen LogP contribution in [-0.2, 0) is 16.1 Å². The van der Waals surface area contributed by atoms with Crippen LogP contribution in [0, 0.1) is 18.3 Å². The van der Waals surface area contributed by atoms with Gasteiger partial charge in [-0.1, -0.05) is 30.3 Å². The summed E-state index contributed by atoms with van der Waals surface area (Å²) in [4.78, 5) is 16.5. The van der Waals surface area contributed by atoms with Crippen LogP contribution in [0.15, 0.2) is 47.6 Å². The van der Waals surface area contributed by atoms with E-state index in [4.69, 9.17) is 14.2 Å². The number of nitrogens with zero attached hydrogens (tertiary/aromatic N) is 3. The molecule has 2 aromatic carbocycles. The fourth-order valence-corrected chi connectivity index (χ4v) is 3.23. The van der Waals surface area contributed by atoms with Crippen molar-refractivity contribution >= 4 is 22.9 Å².